The highest BCUT2D eigenvalue weighted by Gasteiger charge is 2.43. The van der Waals surface area contributed by atoms with Gasteiger partial charge in [-0.1, -0.05) is 30.3 Å². The molecule has 1 aliphatic rings. The van der Waals surface area contributed by atoms with Gasteiger partial charge in [-0.15, -0.1) is 4.99 Å². The van der Waals surface area contributed by atoms with Crippen molar-refractivity contribution in [1.82, 2.24) is 5.32 Å². The van der Waals surface area contributed by atoms with E-state index >= 15 is 0 Å². The van der Waals surface area contributed by atoms with E-state index in [0.717, 1.165) is 17.9 Å². The number of fused-ring (bicyclic) bond motifs is 1. The SMILES string of the molecule is CN(Cc1ccccc1)c1ccc(N/C(=N/C#N)NC2c3cc(C#N)ccc3OC(C)(C)C2O)cc1. The fourth-order valence-corrected chi connectivity index (χ4v) is 4.20. The molecule has 36 heavy (non-hydrogen) atoms. The van der Waals surface area contributed by atoms with Gasteiger partial charge in [0.05, 0.1) is 17.7 Å². The van der Waals surface area contributed by atoms with Crippen LogP contribution in [0.5, 0.6) is 5.75 Å². The number of nitriles is 2. The average Bonchev–Trinajstić information content (AvgIpc) is 2.87. The van der Waals surface area contributed by atoms with Crippen molar-refractivity contribution in [3.63, 3.8) is 0 Å². The van der Waals surface area contributed by atoms with Gasteiger partial charge in [-0.25, -0.2) is 0 Å². The van der Waals surface area contributed by atoms with Gasteiger partial charge in [0.2, 0.25) is 12.2 Å². The number of aliphatic hydroxyl groups excluding tert-OH is 1. The van der Waals surface area contributed by atoms with Gasteiger partial charge in [0.1, 0.15) is 17.5 Å². The van der Waals surface area contributed by atoms with E-state index in [2.05, 4.69) is 38.7 Å². The minimum Gasteiger partial charge on any atom is -0.485 e. The van der Waals surface area contributed by atoms with Crippen molar-refractivity contribution in [3.05, 3.63) is 89.5 Å². The van der Waals surface area contributed by atoms with Crippen molar-refractivity contribution in [3.8, 4) is 18.0 Å². The molecule has 2 unspecified atom stereocenters. The molecule has 8 heteroatoms. The number of rotatable bonds is 5. The van der Waals surface area contributed by atoms with Crippen LogP contribution in [0.4, 0.5) is 11.4 Å². The standard InChI is InChI=1S/C28H28N6O2/c1-28(2)26(35)25(23-15-20(16-29)9-14-24(23)36-28)33-27(31-18-30)32-21-10-12-22(13-11-21)34(3)17-19-7-5-4-6-8-19/h4-15,25-26,35H,17H2,1-3H3,(H2,31,32,33). The van der Waals surface area contributed by atoms with E-state index in [1.54, 1.807) is 38.2 Å². The van der Waals surface area contributed by atoms with Crippen LogP contribution in [-0.4, -0.2) is 29.8 Å². The van der Waals surface area contributed by atoms with Crippen LogP contribution < -0.4 is 20.3 Å². The number of anilines is 2. The van der Waals surface area contributed by atoms with E-state index in [1.807, 2.05) is 49.5 Å². The zero-order valence-electron chi connectivity index (χ0n) is 20.4. The van der Waals surface area contributed by atoms with Crippen molar-refractivity contribution in [2.45, 2.75) is 38.1 Å². The lowest BCUT2D eigenvalue weighted by Crippen LogP contribution is -2.54. The van der Waals surface area contributed by atoms with Crippen LogP contribution in [0.2, 0.25) is 0 Å². The maximum Gasteiger partial charge on any atom is 0.212 e. The van der Waals surface area contributed by atoms with Crippen LogP contribution in [0, 0.1) is 22.8 Å². The van der Waals surface area contributed by atoms with Crippen LogP contribution in [0.1, 0.15) is 36.6 Å². The molecule has 2 atom stereocenters. The van der Waals surface area contributed by atoms with Gasteiger partial charge in [0.25, 0.3) is 0 Å². The second kappa shape index (κ2) is 10.4. The monoisotopic (exact) mass is 480 g/mol. The number of aliphatic imine (C=N–C) groups is 1. The Balaban J connectivity index is 1.52. The first kappa shape index (κ1) is 24.6. The Morgan fingerprint density at radius 3 is 2.47 bits per heavy atom. The summed E-state index contributed by atoms with van der Waals surface area (Å²) in [7, 11) is 2.03. The molecule has 0 aliphatic carbocycles. The Bertz CT molecular complexity index is 1320. The molecule has 3 aromatic rings. The lowest BCUT2D eigenvalue weighted by molar-refractivity contribution is -0.0610. The van der Waals surface area contributed by atoms with Crippen LogP contribution in [0.3, 0.4) is 0 Å². The minimum absolute atomic E-state index is 0.179. The average molecular weight is 481 g/mol. The molecule has 0 aromatic heterocycles. The van der Waals surface area contributed by atoms with Gasteiger partial charge in [0.15, 0.2) is 0 Å². The molecule has 3 aromatic carbocycles. The van der Waals surface area contributed by atoms with Gasteiger partial charge >= 0.3 is 0 Å². The third-order valence-electron chi connectivity index (χ3n) is 6.16. The molecule has 0 amide bonds. The van der Waals surface area contributed by atoms with Crippen molar-refractivity contribution in [2.24, 2.45) is 4.99 Å². The zero-order valence-corrected chi connectivity index (χ0v) is 20.4. The van der Waals surface area contributed by atoms with Gasteiger partial charge < -0.3 is 25.4 Å². The Labute approximate surface area is 211 Å². The normalized spacial score (nSPS) is 18.1. The fraction of sp³-hybridized carbons (Fsp3) is 0.250. The Hall–Kier alpha value is -4.53. The quantitative estimate of drug-likeness (QED) is 0.283. The number of nitrogens with one attached hydrogen (secondary N) is 2. The summed E-state index contributed by atoms with van der Waals surface area (Å²) in [6.07, 6.45) is 0.833. The summed E-state index contributed by atoms with van der Waals surface area (Å²) in [5.74, 6) is 0.738. The smallest absolute Gasteiger partial charge is 0.212 e. The molecule has 8 nitrogen and oxygen atoms in total. The maximum absolute atomic E-state index is 11.1. The van der Waals surface area contributed by atoms with E-state index in [0.29, 0.717) is 16.9 Å². The van der Waals surface area contributed by atoms with Gasteiger partial charge in [-0.2, -0.15) is 10.5 Å². The van der Waals surface area contributed by atoms with Crippen molar-refractivity contribution < 1.29 is 9.84 Å². The number of guanidine groups is 1. The topological polar surface area (TPSA) is 117 Å². The fourth-order valence-electron chi connectivity index (χ4n) is 4.20. The molecular weight excluding hydrogens is 452 g/mol. The van der Waals surface area contributed by atoms with Crippen LogP contribution in [0.15, 0.2) is 77.8 Å². The molecule has 0 saturated carbocycles. The highest BCUT2D eigenvalue weighted by molar-refractivity contribution is 5.94. The largest absolute Gasteiger partial charge is 0.485 e. The second-order valence-corrected chi connectivity index (χ2v) is 9.21. The van der Waals surface area contributed by atoms with Crippen LogP contribution in [-0.2, 0) is 6.54 Å². The Morgan fingerprint density at radius 2 is 1.81 bits per heavy atom. The number of hydrogen-bond donors (Lipinski definition) is 3. The molecule has 0 spiro atoms. The molecule has 3 N–H and O–H groups in total. The lowest BCUT2D eigenvalue weighted by atomic mass is 9.86. The highest BCUT2D eigenvalue weighted by Crippen LogP contribution is 2.40. The summed E-state index contributed by atoms with van der Waals surface area (Å²) in [6, 6.07) is 24.5. The van der Waals surface area contributed by atoms with Gasteiger partial charge in [-0.3, -0.25) is 0 Å². The van der Waals surface area contributed by atoms with Crippen LogP contribution in [0.25, 0.3) is 0 Å². The molecule has 0 radical (unpaired) electrons. The van der Waals surface area contributed by atoms with Gasteiger partial charge in [0, 0.05) is 30.5 Å². The third-order valence-corrected chi connectivity index (χ3v) is 6.16. The summed E-state index contributed by atoms with van der Waals surface area (Å²) in [6.45, 7) is 4.34. The van der Waals surface area contributed by atoms with E-state index < -0.39 is 17.7 Å². The first-order valence-corrected chi connectivity index (χ1v) is 11.6. The van der Waals surface area contributed by atoms with E-state index in [1.165, 1.54) is 5.56 Å². The van der Waals surface area contributed by atoms with Crippen molar-refractivity contribution in [1.29, 1.82) is 10.5 Å². The molecule has 0 fully saturated rings. The summed E-state index contributed by atoms with van der Waals surface area (Å²) in [5.41, 5.74) is 3.13. The predicted octanol–water partition coefficient (Wildman–Crippen LogP) is 4.31. The Morgan fingerprint density at radius 1 is 1.08 bits per heavy atom. The molecule has 1 aliphatic heterocycles. The molecule has 1 heterocycles. The zero-order chi connectivity index (χ0) is 25.7. The lowest BCUT2D eigenvalue weighted by Gasteiger charge is -2.42. The van der Waals surface area contributed by atoms with Gasteiger partial charge in [-0.05, 0) is 61.9 Å². The summed E-state index contributed by atoms with van der Waals surface area (Å²) < 4.78 is 5.97. The number of benzene rings is 3. The van der Waals surface area contributed by atoms with Crippen molar-refractivity contribution >= 4 is 17.3 Å². The summed E-state index contributed by atoms with van der Waals surface area (Å²) in [4.78, 5) is 6.04. The molecule has 0 saturated heterocycles. The first-order valence-electron chi connectivity index (χ1n) is 11.6. The molecule has 182 valence electrons. The number of ether oxygens (including phenoxy) is 1. The Kier molecular flexibility index (Phi) is 7.10. The summed E-state index contributed by atoms with van der Waals surface area (Å²) in [5, 5.41) is 36.0. The van der Waals surface area contributed by atoms with Crippen LogP contribution >= 0.6 is 0 Å². The van der Waals surface area contributed by atoms with Crippen molar-refractivity contribution in [2.75, 3.05) is 17.3 Å². The summed E-state index contributed by atoms with van der Waals surface area (Å²) >= 11 is 0. The maximum atomic E-state index is 11.1. The van der Waals surface area contributed by atoms with E-state index in [-0.39, 0.29) is 5.96 Å². The number of nitrogens with zero attached hydrogens (tertiary/aromatic N) is 4. The first-order chi connectivity index (χ1) is 17.3. The molecule has 0 bridgehead atoms. The highest BCUT2D eigenvalue weighted by atomic mass is 16.5. The molecular formula is C28H28N6O2. The number of hydrogen-bond acceptors (Lipinski definition) is 6. The number of aliphatic hydroxyl groups is 1. The minimum atomic E-state index is -0.973. The second-order valence-electron chi connectivity index (χ2n) is 9.21. The molecule has 4 rings (SSSR count). The predicted molar refractivity (Wildman–Crippen MR) is 139 cm³/mol. The third kappa shape index (κ3) is 5.41. The van der Waals surface area contributed by atoms with E-state index in [4.69, 9.17) is 4.74 Å². The van der Waals surface area contributed by atoms with E-state index in [9.17, 15) is 15.6 Å².